The molecule has 1 heterocycles. The molecule has 0 bridgehead atoms. The van der Waals surface area contributed by atoms with Crippen LogP contribution in [-0.2, 0) is 4.79 Å². The Balaban J connectivity index is 1.56. The molecule has 0 saturated carbocycles. The summed E-state index contributed by atoms with van der Waals surface area (Å²) in [6, 6.07) is 15.8. The Morgan fingerprint density at radius 1 is 1.11 bits per heavy atom. The van der Waals surface area contributed by atoms with Crippen LogP contribution in [0.3, 0.4) is 0 Å². The van der Waals surface area contributed by atoms with Gasteiger partial charge in [-0.25, -0.2) is 0 Å². The zero-order valence-corrected chi connectivity index (χ0v) is 15.1. The fourth-order valence-electron chi connectivity index (χ4n) is 3.08. The van der Waals surface area contributed by atoms with Gasteiger partial charge in [0.15, 0.2) is 0 Å². The summed E-state index contributed by atoms with van der Waals surface area (Å²) in [6.07, 6.45) is 3.06. The van der Waals surface area contributed by atoms with E-state index in [0.717, 1.165) is 13.0 Å². The molecule has 0 aromatic heterocycles. The molecule has 6 heteroatoms. The quantitative estimate of drug-likeness (QED) is 0.817. The van der Waals surface area contributed by atoms with E-state index < -0.39 is 6.61 Å². The SMILES string of the molecule is C[C@@H](C(=O)Nc1ccc(OC(F)F)cc1)N1CC=C(c2ccccc2)CC1. The molecule has 2 aromatic carbocycles. The van der Waals surface area contributed by atoms with Gasteiger partial charge in [-0.05, 0) is 48.7 Å². The molecule has 1 atom stereocenters. The number of nitrogens with one attached hydrogen (secondary N) is 1. The molecule has 4 nitrogen and oxygen atoms in total. The normalized spacial score (nSPS) is 15.9. The van der Waals surface area contributed by atoms with Crippen molar-refractivity contribution in [3.05, 3.63) is 66.2 Å². The third-order valence-electron chi connectivity index (χ3n) is 4.66. The van der Waals surface area contributed by atoms with Gasteiger partial charge in [-0.3, -0.25) is 9.69 Å². The van der Waals surface area contributed by atoms with Crippen molar-refractivity contribution in [2.45, 2.75) is 26.0 Å². The van der Waals surface area contributed by atoms with Crippen LogP contribution in [0.1, 0.15) is 18.9 Å². The van der Waals surface area contributed by atoms with E-state index in [2.05, 4.69) is 33.2 Å². The van der Waals surface area contributed by atoms with Crippen LogP contribution in [0.4, 0.5) is 14.5 Å². The second-order valence-corrected chi connectivity index (χ2v) is 6.41. The Labute approximate surface area is 157 Å². The summed E-state index contributed by atoms with van der Waals surface area (Å²) in [4.78, 5) is 14.6. The highest BCUT2D eigenvalue weighted by Crippen LogP contribution is 2.23. The van der Waals surface area contributed by atoms with Crippen molar-refractivity contribution >= 4 is 17.2 Å². The summed E-state index contributed by atoms with van der Waals surface area (Å²) >= 11 is 0. The molecule has 1 aliphatic rings. The lowest BCUT2D eigenvalue weighted by Crippen LogP contribution is -2.44. The second-order valence-electron chi connectivity index (χ2n) is 6.41. The summed E-state index contributed by atoms with van der Waals surface area (Å²) in [7, 11) is 0. The van der Waals surface area contributed by atoms with E-state index in [1.807, 2.05) is 25.1 Å². The molecule has 3 rings (SSSR count). The third-order valence-corrected chi connectivity index (χ3v) is 4.66. The van der Waals surface area contributed by atoms with Gasteiger partial charge in [0, 0.05) is 18.8 Å². The van der Waals surface area contributed by atoms with Crippen LogP contribution in [0.2, 0.25) is 0 Å². The number of carbonyl (C=O) groups excluding carboxylic acids is 1. The van der Waals surface area contributed by atoms with Crippen molar-refractivity contribution < 1.29 is 18.3 Å². The molecular formula is C21H22F2N2O2. The van der Waals surface area contributed by atoms with E-state index in [-0.39, 0.29) is 17.7 Å². The number of ether oxygens (including phenoxy) is 1. The number of benzene rings is 2. The first-order chi connectivity index (χ1) is 13.0. The number of alkyl halides is 2. The lowest BCUT2D eigenvalue weighted by atomic mass is 9.99. The van der Waals surface area contributed by atoms with Gasteiger partial charge in [0.25, 0.3) is 0 Å². The highest BCUT2D eigenvalue weighted by Gasteiger charge is 2.23. The van der Waals surface area contributed by atoms with Crippen molar-refractivity contribution in [2.75, 3.05) is 18.4 Å². The largest absolute Gasteiger partial charge is 0.435 e. The average molecular weight is 372 g/mol. The Morgan fingerprint density at radius 2 is 1.81 bits per heavy atom. The van der Waals surface area contributed by atoms with E-state index in [0.29, 0.717) is 12.2 Å². The molecule has 0 aliphatic carbocycles. The number of hydrogen-bond acceptors (Lipinski definition) is 3. The van der Waals surface area contributed by atoms with Crippen molar-refractivity contribution in [3.63, 3.8) is 0 Å². The van der Waals surface area contributed by atoms with Crippen molar-refractivity contribution in [2.24, 2.45) is 0 Å². The molecule has 1 amide bonds. The van der Waals surface area contributed by atoms with Gasteiger partial charge in [0.1, 0.15) is 5.75 Å². The Kier molecular flexibility index (Phi) is 6.19. The highest BCUT2D eigenvalue weighted by molar-refractivity contribution is 5.94. The molecule has 0 spiro atoms. The van der Waals surface area contributed by atoms with Crippen LogP contribution in [0, 0.1) is 0 Å². The summed E-state index contributed by atoms with van der Waals surface area (Å²) in [5.74, 6) is -0.0697. The third kappa shape index (κ3) is 5.14. The molecule has 1 aliphatic heterocycles. The monoisotopic (exact) mass is 372 g/mol. The number of nitrogens with zero attached hydrogens (tertiary/aromatic N) is 1. The molecule has 0 saturated heterocycles. The minimum Gasteiger partial charge on any atom is -0.435 e. The summed E-state index contributed by atoms with van der Waals surface area (Å²) < 4.78 is 28.7. The number of carbonyl (C=O) groups is 1. The maximum absolute atomic E-state index is 12.5. The molecule has 142 valence electrons. The van der Waals surface area contributed by atoms with Gasteiger partial charge < -0.3 is 10.1 Å². The van der Waals surface area contributed by atoms with Gasteiger partial charge >= 0.3 is 6.61 Å². The van der Waals surface area contributed by atoms with E-state index in [1.54, 1.807) is 12.1 Å². The zero-order valence-electron chi connectivity index (χ0n) is 15.1. The van der Waals surface area contributed by atoms with E-state index in [4.69, 9.17) is 0 Å². The Bertz CT molecular complexity index is 792. The minimum absolute atomic E-state index is 0.0608. The number of halogens is 2. The molecule has 0 radical (unpaired) electrons. The standard InChI is InChI=1S/C21H22F2N2O2/c1-15(20(26)24-18-7-9-19(10-8-18)27-21(22)23)25-13-11-17(12-14-25)16-5-3-2-4-6-16/h2-11,15,21H,12-14H2,1H3,(H,24,26)/t15-/m0/s1. The van der Waals surface area contributed by atoms with Gasteiger partial charge in [-0.2, -0.15) is 8.78 Å². The summed E-state index contributed by atoms with van der Waals surface area (Å²) in [5.41, 5.74) is 3.07. The van der Waals surface area contributed by atoms with Crippen molar-refractivity contribution in [3.8, 4) is 5.75 Å². The van der Waals surface area contributed by atoms with E-state index in [9.17, 15) is 13.6 Å². The maximum atomic E-state index is 12.5. The smallest absolute Gasteiger partial charge is 0.387 e. The van der Waals surface area contributed by atoms with Crippen LogP contribution in [0.15, 0.2) is 60.7 Å². The summed E-state index contributed by atoms with van der Waals surface area (Å²) in [5, 5.41) is 2.82. The van der Waals surface area contributed by atoms with Crippen LogP contribution >= 0.6 is 0 Å². The van der Waals surface area contributed by atoms with Gasteiger partial charge in [0.2, 0.25) is 5.91 Å². The molecule has 0 unspecified atom stereocenters. The van der Waals surface area contributed by atoms with Crippen LogP contribution in [0.5, 0.6) is 5.75 Å². The number of anilines is 1. The van der Waals surface area contributed by atoms with E-state index in [1.165, 1.54) is 23.3 Å². The van der Waals surface area contributed by atoms with E-state index >= 15 is 0 Å². The Hall–Kier alpha value is -2.73. The predicted molar refractivity (Wildman–Crippen MR) is 102 cm³/mol. The molecule has 0 fully saturated rings. The van der Waals surface area contributed by atoms with Gasteiger partial charge in [0.05, 0.1) is 6.04 Å². The lowest BCUT2D eigenvalue weighted by Gasteiger charge is -2.31. The van der Waals surface area contributed by atoms with Gasteiger partial charge in [-0.1, -0.05) is 36.4 Å². The Morgan fingerprint density at radius 3 is 2.41 bits per heavy atom. The first kappa shape index (κ1) is 19.0. The first-order valence-electron chi connectivity index (χ1n) is 8.87. The fourth-order valence-corrected chi connectivity index (χ4v) is 3.08. The second kappa shape index (κ2) is 8.77. The first-order valence-corrected chi connectivity index (χ1v) is 8.87. The molecule has 2 aromatic rings. The van der Waals surface area contributed by atoms with Crippen LogP contribution in [-0.4, -0.2) is 36.5 Å². The van der Waals surface area contributed by atoms with Crippen LogP contribution < -0.4 is 10.1 Å². The predicted octanol–water partition coefficient (Wildman–Crippen LogP) is 4.40. The van der Waals surface area contributed by atoms with Crippen LogP contribution in [0.25, 0.3) is 5.57 Å². The average Bonchev–Trinajstić information content (AvgIpc) is 2.69. The minimum atomic E-state index is -2.86. The number of amides is 1. The molecule has 27 heavy (non-hydrogen) atoms. The van der Waals surface area contributed by atoms with Crippen molar-refractivity contribution in [1.82, 2.24) is 4.90 Å². The lowest BCUT2D eigenvalue weighted by molar-refractivity contribution is -0.120. The highest BCUT2D eigenvalue weighted by atomic mass is 19.3. The molecular weight excluding hydrogens is 350 g/mol. The maximum Gasteiger partial charge on any atom is 0.387 e. The number of rotatable bonds is 6. The fraction of sp³-hybridized carbons (Fsp3) is 0.286. The van der Waals surface area contributed by atoms with Crippen molar-refractivity contribution in [1.29, 1.82) is 0 Å². The zero-order chi connectivity index (χ0) is 19.2. The summed E-state index contributed by atoms with van der Waals surface area (Å²) in [6.45, 7) is 0.514. The molecule has 1 N–H and O–H groups in total. The topological polar surface area (TPSA) is 41.6 Å². The van der Waals surface area contributed by atoms with Gasteiger partial charge in [-0.15, -0.1) is 0 Å². The number of hydrogen-bond donors (Lipinski definition) is 1.